The summed E-state index contributed by atoms with van der Waals surface area (Å²) >= 11 is 0. The van der Waals surface area contributed by atoms with Crippen LogP contribution in [0.3, 0.4) is 0 Å². The van der Waals surface area contributed by atoms with Gasteiger partial charge in [-0.15, -0.1) is 0 Å². The third-order valence-electron chi connectivity index (χ3n) is 3.84. The molecule has 114 valence electrons. The quantitative estimate of drug-likeness (QED) is 0.854. The number of benzene rings is 1. The molecule has 1 fully saturated rings. The van der Waals surface area contributed by atoms with Crippen LogP contribution in [0.15, 0.2) is 42.9 Å². The van der Waals surface area contributed by atoms with Gasteiger partial charge in [-0.1, -0.05) is 12.1 Å². The first-order valence-electron chi connectivity index (χ1n) is 7.35. The molecule has 2 aromatic rings. The van der Waals surface area contributed by atoms with Gasteiger partial charge in [0.25, 0.3) is 0 Å². The van der Waals surface area contributed by atoms with E-state index in [1.54, 1.807) is 18.6 Å². The van der Waals surface area contributed by atoms with E-state index in [4.69, 9.17) is 5.73 Å². The van der Waals surface area contributed by atoms with E-state index in [1.807, 2.05) is 29.2 Å². The lowest BCUT2D eigenvalue weighted by molar-refractivity contribution is -0.130. The molecular weight excluding hydrogens is 278 g/mol. The topological polar surface area (TPSA) is 75.4 Å². The maximum absolute atomic E-state index is 12.3. The second-order valence-corrected chi connectivity index (χ2v) is 5.35. The van der Waals surface area contributed by atoms with Gasteiger partial charge in [0, 0.05) is 44.3 Å². The van der Waals surface area contributed by atoms with Crippen molar-refractivity contribution < 1.29 is 4.79 Å². The van der Waals surface area contributed by atoms with Crippen molar-refractivity contribution in [2.24, 2.45) is 0 Å². The molecule has 1 aliphatic heterocycles. The molecule has 1 aliphatic rings. The van der Waals surface area contributed by atoms with Gasteiger partial charge in [-0.05, 0) is 17.7 Å². The first kappa shape index (κ1) is 14.3. The molecule has 6 heteroatoms. The summed E-state index contributed by atoms with van der Waals surface area (Å²) in [7, 11) is 0. The van der Waals surface area contributed by atoms with E-state index in [-0.39, 0.29) is 5.91 Å². The van der Waals surface area contributed by atoms with Gasteiger partial charge < -0.3 is 15.5 Å². The summed E-state index contributed by atoms with van der Waals surface area (Å²) in [6.45, 7) is 2.99. The Morgan fingerprint density at radius 1 is 1.09 bits per heavy atom. The number of nitrogens with two attached hydrogens (primary N) is 1. The van der Waals surface area contributed by atoms with E-state index in [0.717, 1.165) is 24.5 Å². The molecule has 0 bridgehead atoms. The fraction of sp³-hybridized carbons (Fsp3) is 0.312. The number of carbonyl (C=O) groups excluding carboxylic acids is 1. The first-order chi connectivity index (χ1) is 10.7. The summed E-state index contributed by atoms with van der Waals surface area (Å²) in [6.07, 6.45) is 5.53. The Hall–Kier alpha value is -2.63. The summed E-state index contributed by atoms with van der Waals surface area (Å²) < 4.78 is 0. The standard InChI is InChI=1S/C16H19N5O/c17-14-3-1-13(2-4-14)11-16(22)21-9-7-20(8-10-21)15-12-18-5-6-19-15/h1-6,12H,7-11,17H2. The van der Waals surface area contributed by atoms with Crippen molar-refractivity contribution in [3.8, 4) is 0 Å². The van der Waals surface area contributed by atoms with E-state index in [0.29, 0.717) is 25.2 Å². The molecule has 1 saturated heterocycles. The molecule has 0 aliphatic carbocycles. The molecule has 0 atom stereocenters. The summed E-state index contributed by atoms with van der Waals surface area (Å²) in [5, 5.41) is 0. The average Bonchev–Trinajstić information content (AvgIpc) is 2.58. The zero-order valence-electron chi connectivity index (χ0n) is 12.4. The molecular formula is C16H19N5O. The minimum absolute atomic E-state index is 0.156. The highest BCUT2D eigenvalue weighted by molar-refractivity contribution is 5.79. The normalized spacial score (nSPS) is 14.9. The number of hydrogen-bond donors (Lipinski definition) is 1. The summed E-state index contributed by atoms with van der Waals surface area (Å²) in [5.74, 6) is 1.02. The molecule has 0 saturated carbocycles. The third kappa shape index (κ3) is 3.33. The van der Waals surface area contributed by atoms with Crippen LogP contribution < -0.4 is 10.6 Å². The molecule has 0 radical (unpaired) electrons. The van der Waals surface area contributed by atoms with Gasteiger partial charge >= 0.3 is 0 Å². The Bertz CT molecular complexity index is 621. The number of nitrogens with zero attached hydrogens (tertiary/aromatic N) is 4. The lowest BCUT2D eigenvalue weighted by Gasteiger charge is -2.35. The largest absolute Gasteiger partial charge is 0.399 e. The lowest BCUT2D eigenvalue weighted by Crippen LogP contribution is -2.49. The first-order valence-corrected chi connectivity index (χ1v) is 7.35. The van der Waals surface area contributed by atoms with Gasteiger partial charge in [0.15, 0.2) is 0 Å². The van der Waals surface area contributed by atoms with Crippen molar-refractivity contribution >= 4 is 17.4 Å². The number of aromatic nitrogens is 2. The molecule has 2 heterocycles. The van der Waals surface area contributed by atoms with Crippen LogP contribution in [0.1, 0.15) is 5.56 Å². The lowest BCUT2D eigenvalue weighted by atomic mass is 10.1. The summed E-state index contributed by atoms with van der Waals surface area (Å²) in [4.78, 5) is 24.8. The van der Waals surface area contributed by atoms with E-state index in [1.165, 1.54) is 0 Å². The van der Waals surface area contributed by atoms with Crippen molar-refractivity contribution in [3.63, 3.8) is 0 Å². The highest BCUT2D eigenvalue weighted by atomic mass is 16.2. The Labute approximate surface area is 129 Å². The maximum atomic E-state index is 12.3. The number of hydrogen-bond acceptors (Lipinski definition) is 5. The predicted octanol–water partition coefficient (Wildman–Crippen LogP) is 0.950. The fourth-order valence-electron chi connectivity index (χ4n) is 2.56. The molecule has 0 unspecified atom stereocenters. The molecule has 1 aromatic heterocycles. The van der Waals surface area contributed by atoms with Crippen molar-refractivity contribution in [2.75, 3.05) is 36.8 Å². The zero-order valence-corrected chi connectivity index (χ0v) is 12.4. The van der Waals surface area contributed by atoms with E-state index in [9.17, 15) is 4.79 Å². The molecule has 0 spiro atoms. The second kappa shape index (κ2) is 6.43. The molecule has 1 amide bonds. The van der Waals surface area contributed by atoms with Gasteiger partial charge in [-0.2, -0.15) is 0 Å². The molecule has 6 nitrogen and oxygen atoms in total. The molecule has 1 aromatic carbocycles. The van der Waals surface area contributed by atoms with Gasteiger partial charge in [0.1, 0.15) is 5.82 Å². The van der Waals surface area contributed by atoms with Crippen molar-refractivity contribution in [1.29, 1.82) is 0 Å². The molecule has 22 heavy (non-hydrogen) atoms. The summed E-state index contributed by atoms with van der Waals surface area (Å²) in [6, 6.07) is 7.47. The van der Waals surface area contributed by atoms with Crippen LogP contribution in [0, 0.1) is 0 Å². The van der Waals surface area contributed by atoms with E-state index in [2.05, 4.69) is 14.9 Å². The smallest absolute Gasteiger partial charge is 0.227 e. The number of nitrogen functional groups attached to an aromatic ring is 1. The maximum Gasteiger partial charge on any atom is 0.227 e. The Morgan fingerprint density at radius 2 is 1.82 bits per heavy atom. The number of rotatable bonds is 3. The zero-order chi connectivity index (χ0) is 15.4. The van der Waals surface area contributed by atoms with E-state index >= 15 is 0 Å². The van der Waals surface area contributed by atoms with Gasteiger partial charge in [-0.3, -0.25) is 9.78 Å². The van der Waals surface area contributed by atoms with E-state index < -0.39 is 0 Å². The Kier molecular flexibility index (Phi) is 4.18. The number of amides is 1. The minimum atomic E-state index is 0.156. The van der Waals surface area contributed by atoms with Gasteiger partial charge in [-0.25, -0.2) is 4.98 Å². The number of piperazine rings is 1. The summed E-state index contributed by atoms with van der Waals surface area (Å²) in [5.41, 5.74) is 7.37. The number of carbonyl (C=O) groups is 1. The molecule has 2 N–H and O–H groups in total. The predicted molar refractivity (Wildman–Crippen MR) is 85.4 cm³/mol. The van der Waals surface area contributed by atoms with Crippen molar-refractivity contribution in [1.82, 2.24) is 14.9 Å². The van der Waals surface area contributed by atoms with Crippen LogP contribution in [0.25, 0.3) is 0 Å². The highest BCUT2D eigenvalue weighted by Crippen LogP contribution is 2.13. The second-order valence-electron chi connectivity index (χ2n) is 5.35. The molecule has 3 rings (SSSR count). The minimum Gasteiger partial charge on any atom is -0.399 e. The van der Waals surface area contributed by atoms with Crippen LogP contribution in [0.5, 0.6) is 0 Å². The van der Waals surface area contributed by atoms with Crippen LogP contribution in [-0.2, 0) is 11.2 Å². The third-order valence-corrected chi connectivity index (χ3v) is 3.84. The van der Waals surface area contributed by atoms with Crippen LogP contribution in [0.4, 0.5) is 11.5 Å². The van der Waals surface area contributed by atoms with Gasteiger partial charge in [0.2, 0.25) is 5.91 Å². The van der Waals surface area contributed by atoms with Gasteiger partial charge in [0.05, 0.1) is 12.6 Å². The average molecular weight is 297 g/mol. The number of anilines is 2. The van der Waals surface area contributed by atoms with Crippen LogP contribution in [-0.4, -0.2) is 47.0 Å². The van der Waals surface area contributed by atoms with Crippen molar-refractivity contribution in [2.45, 2.75) is 6.42 Å². The Morgan fingerprint density at radius 3 is 2.45 bits per heavy atom. The monoisotopic (exact) mass is 297 g/mol. The fourth-order valence-corrected chi connectivity index (χ4v) is 2.56. The van der Waals surface area contributed by atoms with Crippen molar-refractivity contribution in [3.05, 3.63) is 48.4 Å². The van der Waals surface area contributed by atoms with Crippen LogP contribution >= 0.6 is 0 Å². The highest BCUT2D eigenvalue weighted by Gasteiger charge is 2.21. The Balaban J connectivity index is 1.54. The van der Waals surface area contributed by atoms with Crippen LogP contribution in [0.2, 0.25) is 0 Å². The SMILES string of the molecule is Nc1ccc(CC(=O)N2CCN(c3cnccn3)CC2)cc1.